The molecule has 1 amide bonds. The van der Waals surface area contributed by atoms with E-state index in [4.69, 9.17) is 4.52 Å². The summed E-state index contributed by atoms with van der Waals surface area (Å²) in [6.45, 7) is 3.43. The molecular formula is C18H20N6O2S. The first-order valence-electron chi connectivity index (χ1n) is 9.29. The van der Waals surface area contributed by atoms with Gasteiger partial charge in [0.15, 0.2) is 11.5 Å². The lowest BCUT2D eigenvalue weighted by Crippen LogP contribution is -2.40. The second kappa shape index (κ2) is 6.56. The van der Waals surface area contributed by atoms with E-state index in [0.717, 1.165) is 47.8 Å². The van der Waals surface area contributed by atoms with Crippen molar-refractivity contribution in [3.05, 3.63) is 33.9 Å². The van der Waals surface area contributed by atoms with Gasteiger partial charge in [-0.3, -0.25) is 4.79 Å². The fourth-order valence-electron chi connectivity index (χ4n) is 3.46. The molecule has 0 radical (unpaired) electrons. The summed E-state index contributed by atoms with van der Waals surface area (Å²) in [6, 6.07) is 4.01. The van der Waals surface area contributed by atoms with Crippen LogP contribution in [0.5, 0.6) is 0 Å². The molecule has 1 saturated heterocycles. The van der Waals surface area contributed by atoms with Gasteiger partial charge in [0.05, 0.1) is 17.1 Å². The van der Waals surface area contributed by atoms with Crippen molar-refractivity contribution in [3.63, 3.8) is 0 Å². The van der Waals surface area contributed by atoms with Crippen molar-refractivity contribution in [3.8, 4) is 11.6 Å². The molecule has 1 unspecified atom stereocenters. The molecule has 5 rings (SSSR count). The van der Waals surface area contributed by atoms with Crippen molar-refractivity contribution in [2.75, 3.05) is 13.1 Å². The van der Waals surface area contributed by atoms with Gasteiger partial charge in [-0.25, -0.2) is 4.68 Å². The summed E-state index contributed by atoms with van der Waals surface area (Å²) in [5, 5.41) is 12.5. The predicted molar refractivity (Wildman–Crippen MR) is 98.5 cm³/mol. The van der Waals surface area contributed by atoms with E-state index in [0.29, 0.717) is 24.0 Å². The molecule has 1 atom stereocenters. The van der Waals surface area contributed by atoms with E-state index < -0.39 is 0 Å². The van der Waals surface area contributed by atoms with Gasteiger partial charge in [-0.1, -0.05) is 10.4 Å². The quantitative estimate of drug-likeness (QED) is 0.687. The SMILES string of the molecule is Cc1ccc(C(=O)N2CCCC(n3cc(-c4nc(C5CC5)no4)nn3)C2)s1. The number of nitrogens with zero attached hydrogens (tertiary/aromatic N) is 6. The predicted octanol–water partition coefficient (Wildman–Crippen LogP) is 3.05. The fourth-order valence-corrected chi connectivity index (χ4v) is 4.30. The highest BCUT2D eigenvalue weighted by molar-refractivity contribution is 7.13. The highest BCUT2D eigenvalue weighted by Gasteiger charge is 2.30. The van der Waals surface area contributed by atoms with Crippen molar-refractivity contribution in [1.82, 2.24) is 30.0 Å². The van der Waals surface area contributed by atoms with Crippen LogP contribution in [0.15, 0.2) is 22.9 Å². The van der Waals surface area contributed by atoms with Crippen LogP contribution < -0.4 is 0 Å². The third-order valence-electron chi connectivity index (χ3n) is 5.12. The molecule has 0 bridgehead atoms. The number of likely N-dealkylation sites (tertiary alicyclic amines) is 1. The molecule has 2 fully saturated rings. The van der Waals surface area contributed by atoms with Crippen LogP contribution >= 0.6 is 11.3 Å². The average molecular weight is 384 g/mol. The number of amides is 1. The fraction of sp³-hybridized carbons (Fsp3) is 0.500. The minimum Gasteiger partial charge on any atom is -0.336 e. The lowest BCUT2D eigenvalue weighted by atomic mass is 10.1. The Morgan fingerprint density at radius 1 is 1.30 bits per heavy atom. The molecule has 0 aromatic carbocycles. The third-order valence-corrected chi connectivity index (χ3v) is 6.11. The lowest BCUT2D eigenvalue weighted by Gasteiger charge is -2.32. The summed E-state index contributed by atoms with van der Waals surface area (Å²) < 4.78 is 7.16. The van der Waals surface area contributed by atoms with E-state index in [1.165, 1.54) is 0 Å². The zero-order valence-corrected chi connectivity index (χ0v) is 15.9. The van der Waals surface area contributed by atoms with Gasteiger partial charge in [-0.2, -0.15) is 4.98 Å². The summed E-state index contributed by atoms with van der Waals surface area (Å²) in [5.74, 6) is 1.72. The normalized spacial score (nSPS) is 20.2. The smallest absolute Gasteiger partial charge is 0.280 e. The van der Waals surface area contributed by atoms with Gasteiger partial charge in [-0.05, 0) is 44.7 Å². The Morgan fingerprint density at radius 3 is 2.96 bits per heavy atom. The molecule has 3 aromatic rings. The topological polar surface area (TPSA) is 89.9 Å². The second-order valence-corrected chi connectivity index (χ2v) is 8.56. The van der Waals surface area contributed by atoms with Gasteiger partial charge in [0.25, 0.3) is 11.8 Å². The van der Waals surface area contributed by atoms with Crippen molar-refractivity contribution >= 4 is 17.2 Å². The molecule has 0 spiro atoms. The van der Waals surface area contributed by atoms with E-state index in [-0.39, 0.29) is 11.9 Å². The molecule has 0 N–H and O–H groups in total. The number of carbonyl (C=O) groups excluding carboxylic acids is 1. The minimum atomic E-state index is 0.101. The summed E-state index contributed by atoms with van der Waals surface area (Å²) in [6.07, 6.45) is 6.01. The number of aryl methyl sites for hydroxylation is 1. The van der Waals surface area contributed by atoms with Gasteiger partial charge >= 0.3 is 0 Å². The number of hydrogen-bond donors (Lipinski definition) is 0. The Hall–Kier alpha value is -2.55. The molecule has 1 aliphatic carbocycles. The van der Waals surface area contributed by atoms with Crippen LogP contribution in [0.2, 0.25) is 0 Å². The Labute approximate surface area is 160 Å². The summed E-state index contributed by atoms with van der Waals surface area (Å²) in [5.41, 5.74) is 0.590. The van der Waals surface area contributed by atoms with Crippen LogP contribution in [0.4, 0.5) is 0 Å². The van der Waals surface area contributed by atoms with Crippen LogP contribution in [0.25, 0.3) is 11.6 Å². The van der Waals surface area contributed by atoms with Crippen LogP contribution in [-0.4, -0.2) is 49.0 Å². The molecule has 1 saturated carbocycles. The maximum absolute atomic E-state index is 12.7. The Morgan fingerprint density at radius 2 is 2.19 bits per heavy atom. The highest BCUT2D eigenvalue weighted by atomic mass is 32.1. The van der Waals surface area contributed by atoms with Crippen LogP contribution in [-0.2, 0) is 0 Å². The molecule has 2 aliphatic rings. The van der Waals surface area contributed by atoms with Gasteiger partial charge in [-0.15, -0.1) is 16.4 Å². The van der Waals surface area contributed by atoms with Gasteiger partial charge < -0.3 is 9.42 Å². The first kappa shape index (κ1) is 16.6. The number of carbonyl (C=O) groups is 1. The second-order valence-electron chi connectivity index (χ2n) is 7.27. The standard InChI is InChI=1S/C18H20N6O2S/c1-11-4-7-15(27-11)18(25)23-8-2-3-13(9-23)24-10-14(20-22-24)17-19-16(21-26-17)12-5-6-12/h4,7,10,12-13H,2-3,5-6,8-9H2,1H3. The van der Waals surface area contributed by atoms with E-state index in [9.17, 15) is 4.79 Å². The van der Waals surface area contributed by atoms with E-state index in [1.54, 1.807) is 11.3 Å². The van der Waals surface area contributed by atoms with Crippen molar-refractivity contribution in [1.29, 1.82) is 0 Å². The van der Waals surface area contributed by atoms with Crippen molar-refractivity contribution in [2.24, 2.45) is 0 Å². The molecule has 27 heavy (non-hydrogen) atoms. The summed E-state index contributed by atoms with van der Waals surface area (Å²) in [4.78, 5) is 21.0. The van der Waals surface area contributed by atoms with E-state index in [2.05, 4.69) is 20.5 Å². The first-order chi connectivity index (χ1) is 13.2. The molecule has 140 valence electrons. The Bertz CT molecular complexity index is 972. The lowest BCUT2D eigenvalue weighted by molar-refractivity contribution is 0.0677. The van der Waals surface area contributed by atoms with Crippen LogP contribution in [0, 0.1) is 6.92 Å². The Kier molecular flexibility index (Phi) is 4.04. The molecule has 8 nitrogen and oxygen atoms in total. The van der Waals surface area contributed by atoms with Gasteiger partial charge in [0.1, 0.15) is 0 Å². The maximum atomic E-state index is 12.7. The van der Waals surface area contributed by atoms with Gasteiger partial charge in [0.2, 0.25) is 0 Å². The number of hydrogen-bond acceptors (Lipinski definition) is 7. The number of piperidine rings is 1. The minimum absolute atomic E-state index is 0.101. The van der Waals surface area contributed by atoms with Crippen molar-refractivity contribution < 1.29 is 9.32 Å². The monoisotopic (exact) mass is 384 g/mol. The number of rotatable bonds is 4. The van der Waals surface area contributed by atoms with Crippen LogP contribution in [0.3, 0.4) is 0 Å². The number of thiophene rings is 1. The third kappa shape index (κ3) is 3.27. The van der Waals surface area contributed by atoms with E-state index >= 15 is 0 Å². The van der Waals surface area contributed by atoms with Crippen molar-refractivity contribution in [2.45, 2.75) is 44.6 Å². The highest BCUT2D eigenvalue weighted by Crippen LogP contribution is 2.38. The molecular weight excluding hydrogens is 364 g/mol. The zero-order valence-electron chi connectivity index (χ0n) is 15.0. The van der Waals surface area contributed by atoms with E-state index in [1.807, 2.05) is 34.8 Å². The van der Waals surface area contributed by atoms with Gasteiger partial charge in [0, 0.05) is 23.9 Å². The maximum Gasteiger partial charge on any atom is 0.280 e. The zero-order chi connectivity index (χ0) is 18.4. The molecule has 1 aliphatic heterocycles. The molecule has 9 heteroatoms. The van der Waals surface area contributed by atoms with Crippen LogP contribution in [0.1, 0.15) is 58.0 Å². The molecule has 3 aromatic heterocycles. The largest absolute Gasteiger partial charge is 0.336 e. The summed E-state index contributed by atoms with van der Waals surface area (Å²) >= 11 is 1.54. The molecule has 4 heterocycles. The average Bonchev–Trinajstić information content (AvgIpc) is 3.10. The first-order valence-corrected chi connectivity index (χ1v) is 10.1. The summed E-state index contributed by atoms with van der Waals surface area (Å²) in [7, 11) is 0. The Balaban J connectivity index is 1.31. The number of aromatic nitrogens is 5.